The number of rotatable bonds is 0. The van der Waals surface area contributed by atoms with Gasteiger partial charge in [-0.2, -0.15) is 0 Å². The molecular formula is C13H14N2. The molecule has 0 saturated heterocycles. The molecule has 0 bridgehead atoms. The summed E-state index contributed by atoms with van der Waals surface area (Å²) in [5.41, 5.74) is 3.75. The molecule has 0 spiro atoms. The molecule has 0 radical (unpaired) electrons. The summed E-state index contributed by atoms with van der Waals surface area (Å²) in [7, 11) is 0. The Balaban J connectivity index is 2.31. The van der Waals surface area contributed by atoms with E-state index in [4.69, 9.17) is 0 Å². The van der Waals surface area contributed by atoms with Crippen molar-refractivity contribution >= 4 is 22.1 Å². The van der Waals surface area contributed by atoms with E-state index in [1.165, 1.54) is 27.7 Å². The Kier molecular flexibility index (Phi) is 1.66. The highest BCUT2D eigenvalue weighted by Crippen LogP contribution is 2.36. The Labute approximate surface area is 89.3 Å². The Morgan fingerprint density at radius 2 is 1.93 bits per heavy atom. The molecule has 1 unspecified atom stereocenters. The molecule has 2 nitrogen and oxygen atoms in total. The largest absolute Gasteiger partial charge is 0.364 e. The van der Waals surface area contributed by atoms with Crippen molar-refractivity contribution in [1.82, 2.24) is 0 Å². The molecule has 3 rings (SSSR count). The lowest BCUT2D eigenvalue weighted by Gasteiger charge is -2.05. The predicted molar refractivity (Wildman–Crippen MR) is 65.4 cm³/mol. The van der Waals surface area contributed by atoms with Gasteiger partial charge >= 0.3 is 0 Å². The second kappa shape index (κ2) is 2.89. The van der Waals surface area contributed by atoms with Gasteiger partial charge in [-0.1, -0.05) is 29.8 Å². The van der Waals surface area contributed by atoms with Crippen LogP contribution in [0, 0.1) is 6.92 Å². The van der Waals surface area contributed by atoms with Crippen molar-refractivity contribution in [3.63, 3.8) is 0 Å². The lowest BCUT2D eigenvalue weighted by atomic mass is 10.1. The highest BCUT2D eigenvalue weighted by molar-refractivity contribution is 6.02. The number of anilines is 2. The van der Waals surface area contributed by atoms with Crippen LogP contribution in [-0.4, -0.2) is 6.17 Å². The van der Waals surface area contributed by atoms with Crippen molar-refractivity contribution in [3.05, 3.63) is 35.9 Å². The monoisotopic (exact) mass is 198 g/mol. The van der Waals surface area contributed by atoms with Gasteiger partial charge in [-0.3, -0.25) is 0 Å². The van der Waals surface area contributed by atoms with Crippen molar-refractivity contribution < 1.29 is 0 Å². The van der Waals surface area contributed by atoms with E-state index in [1.807, 2.05) is 0 Å². The molecule has 0 aromatic heterocycles. The highest BCUT2D eigenvalue weighted by atomic mass is 15.2. The lowest BCUT2D eigenvalue weighted by molar-refractivity contribution is 0.957. The van der Waals surface area contributed by atoms with Gasteiger partial charge in [0.05, 0.1) is 17.5 Å². The number of hydrogen-bond acceptors (Lipinski definition) is 2. The third-order valence-electron chi connectivity index (χ3n) is 2.91. The van der Waals surface area contributed by atoms with Crippen LogP contribution in [-0.2, 0) is 0 Å². The van der Waals surface area contributed by atoms with Crippen molar-refractivity contribution in [2.45, 2.75) is 20.0 Å². The fraction of sp³-hybridized carbons (Fsp3) is 0.231. The molecule has 2 heteroatoms. The van der Waals surface area contributed by atoms with Gasteiger partial charge < -0.3 is 10.6 Å². The molecule has 76 valence electrons. The van der Waals surface area contributed by atoms with Crippen LogP contribution in [0.15, 0.2) is 30.3 Å². The second-order valence-corrected chi connectivity index (χ2v) is 4.22. The molecular weight excluding hydrogens is 184 g/mol. The molecule has 1 aliphatic rings. The quantitative estimate of drug-likeness (QED) is 0.678. The van der Waals surface area contributed by atoms with Gasteiger partial charge in [-0.25, -0.2) is 0 Å². The Hall–Kier alpha value is -1.70. The summed E-state index contributed by atoms with van der Waals surface area (Å²) in [6.45, 7) is 4.25. The Morgan fingerprint density at radius 3 is 2.80 bits per heavy atom. The molecule has 15 heavy (non-hydrogen) atoms. The van der Waals surface area contributed by atoms with Crippen LogP contribution in [0.3, 0.4) is 0 Å². The number of benzene rings is 2. The van der Waals surface area contributed by atoms with Gasteiger partial charge in [-0.15, -0.1) is 0 Å². The Morgan fingerprint density at radius 1 is 1.07 bits per heavy atom. The molecule has 0 fully saturated rings. The summed E-state index contributed by atoms with van der Waals surface area (Å²) in [5, 5.41) is 9.45. The van der Waals surface area contributed by atoms with Crippen LogP contribution >= 0.6 is 0 Å². The average molecular weight is 198 g/mol. The number of nitrogens with one attached hydrogen (secondary N) is 2. The highest BCUT2D eigenvalue weighted by Gasteiger charge is 2.17. The lowest BCUT2D eigenvalue weighted by Crippen LogP contribution is -2.16. The fourth-order valence-corrected chi connectivity index (χ4v) is 2.21. The van der Waals surface area contributed by atoms with E-state index in [9.17, 15) is 0 Å². The van der Waals surface area contributed by atoms with Crippen LogP contribution in [0.5, 0.6) is 0 Å². The van der Waals surface area contributed by atoms with E-state index in [1.54, 1.807) is 0 Å². The van der Waals surface area contributed by atoms with Gasteiger partial charge in [0.15, 0.2) is 0 Å². The first-order chi connectivity index (χ1) is 7.24. The molecule has 2 aromatic rings. The third kappa shape index (κ3) is 1.25. The zero-order valence-electron chi connectivity index (χ0n) is 8.96. The summed E-state index contributed by atoms with van der Waals surface area (Å²) >= 11 is 0. The number of aryl methyl sites for hydroxylation is 1. The smallest absolute Gasteiger partial charge is 0.0936 e. The van der Waals surface area contributed by atoms with E-state index < -0.39 is 0 Å². The van der Waals surface area contributed by atoms with Crippen LogP contribution in [0.4, 0.5) is 11.4 Å². The van der Waals surface area contributed by atoms with Gasteiger partial charge in [0, 0.05) is 5.39 Å². The van der Waals surface area contributed by atoms with Crippen molar-refractivity contribution in [2.75, 3.05) is 10.6 Å². The normalized spacial score (nSPS) is 18.4. The molecule has 1 heterocycles. The van der Waals surface area contributed by atoms with Gasteiger partial charge in [0.25, 0.3) is 0 Å². The topological polar surface area (TPSA) is 24.1 Å². The summed E-state index contributed by atoms with van der Waals surface area (Å²) < 4.78 is 0. The standard InChI is InChI=1S/C13H14N2/c1-8-3-5-11-10(7-8)4-6-12-13(11)15-9(2)14-12/h3-7,9,14-15H,1-2H3. The first-order valence-electron chi connectivity index (χ1n) is 5.30. The maximum absolute atomic E-state index is 3.45. The molecule has 2 aromatic carbocycles. The van der Waals surface area contributed by atoms with E-state index in [-0.39, 0.29) is 0 Å². The van der Waals surface area contributed by atoms with Crippen LogP contribution in [0.25, 0.3) is 10.8 Å². The maximum Gasteiger partial charge on any atom is 0.0936 e. The third-order valence-corrected chi connectivity index (χ3v) is 2.91. The maximum atomic E-state index is 3.45. The number of hydrogen-bond donors (Lipinski definition) is 2. The first-order valence-corrected chi connectivity index (χ1v) is 5.30. The van der Waals surface area contributed by atoms with Crippen molar-refractivity contribution in [1.29, 1.82) is 0 Å². The van der Waals surface area contributed by atoms with E-state index in [2.05, 4.69) is 54.8 Å². The predicted octanol–water partition coefficient (Wildman–Crippen LogP) is 3.33. The summed E-state index contributed by atoms with van der Waals surface area (Å²) in [5.74, 6) is 0. The van der Waals surface area contributed by atoms with Crippen LogP contribution < -0.4 is 10.6 Å². The minimum Gasteiger partial charge on any atom is -0.364 e. The van der Waals surface area contributed by atoms with E-state index in [0.717, 1.165) is 0 Å². The fourth-order valence-electron chi connectivity index (χ4n) is 2.21. The van der Waals surface area contributed by atoms with Crippen LogP contribution in [0.1, 0.15) is 12.5 Å². The SMILES string of the molecule is Cc1ccc2c3c(ccc2c1)NC(C)N3. The number of fused-ring (bicyclic) bond motifs is 3. The molecule has 0 saturated carbocycles. The minimum absolute atomic E-state index is 0.326. The van der Waals surface area contributed by atoms with Gasteiger partial charge in [-0.05, 0) is 25.3 Å². The van der Waals surface area contributed by atoms with Crippen LogP contribution in [0.2, 0.25) is 0 Å². The first kappa shape index (κ1) is 8.60. The van der Waals surface area contributed by atoms with Crippen molar-refractivity contribution in [3.8, 4) is 0 Å². The zero-order chi connectivity index (χ0) is 10.4. The van der Waals surface area contributed by atoms with Gasteiger partial charge in [0.1, 0.15) is 0 Å². The average Bonchev–Trinajstić information content (AvgIpc) is 2.58. The summed E-state index contributed by atoms with van der Waals surface area (Å²) in [4.78, 5) is 0. The molecule has 2 N–H and O–H groups in total. The Bertz CT molecular complexity index is 531. The molecule has 0 amide bonds. The second-order valence-electron chi connectivity index (χ2n) is 4.22. The zero-order valence-corrected chi connectivity index (χ0v) is 8.96. The van der Waals surface area contributed by atoms with Gasteiger partial charge in [0.2, 0.25) is 0 Å². The molecule has 1 atom stereocenters. The van der Waals surface area contributed by atoms with E-state index in [0.29, 0.717) is 6.17 Å². The van der Waals surface area contributed by atoms with Crippen molar-refractivity contribution in [2.24, 2.45) is 0 Å². The minimum atomic E-state index is 0.326. The molecule has 1 aliphatic heterocycles. The summed E-state index contributed by atoms with van der Waals surface area (Å²) in [6, 6.07) is 10.9. The van der Waals surface area contributed by atoms with E-state index >= 15 is 0 Å². The summed E-state index contributed by atoms with van der Waals surface area (Å²) in [6.07, 6.45) is 0.326. The molecule has 0 aliphatic carbocycles.